The van der Waals surface area contributed by atoms with E-state index >= 15 is 0 Å². The van der Waals surface area contributed by atoms with Gasteiger partial charge in [0, 0.05) is 18.6 Å². The lowest BCUT2D eigenvalue weighted by atomic mass is 10.1. The lowest BCUT2D eigenvalue weighted by Gasteiger charge is -2.21. The SMILES string of the molecule is Fc1ccc(CCNC2CCN3CCCC23)cc1. The van der Waals surface area contributed by atoms with Crippen LogP contribution in [0.2, 0.25) is 0 Å². The highest BCUT2D eigenvalue weighted by Crippen LogP contribution is 2.27. The Balaban J connectivity index is 1.46. The molecule has 0 saturated carbocycles. The van der Waals surface area contributed by atoms with Crippen LogP contribution in [0.4, 0.5) is 4.39 Å². The van der Waals surface area contributed by atoms with Crippen molar-refractivity contribution in [3.05, 3.63) is 35.6 Å². The van der Waals surface area contributed by atoms with E-state index in [9.17, 15) is 4.39 Å². The first-order valence-corrected chi connectivity index (χ1v) is 7.05. The van der Waals surface area contributed by atoms with E-state index < -0.39 is 0 Å². The van der Waals surface area contributed by atoms with Crippen LogP contribution in [0.15, 0.2) is 24.3 Å². The van der Waals surface area contributed by atoms with Crippen molar-refractivity contribution in [3.63, 3.8) is 0 Å². The summed E-state index contributed by atoms with van der Waals surface area (Å²) < 4.78 is 12.8. The molecule has 2 unspecified atom stereocenters. The molecule has 2 fully saturated rings. The highest BCUT2D eigenvalue weighted by Gasteiger charge is 2.36. The van der Waals surface area contributed by atoms with E-state index in [4.69, 9.17) is 0 Å². The fourth-order valence-electron chi connectivity index (χ4n) is 3.37. The maximum atomic E-state index is 12.8. The third-order valence-electron chi connectivity index (χ3n) is 4.34. The Morgan fingerprint density at radius 2 is 2.00 bits per heavy atom. The van der Waals surface area contributed by atoms with Gasteiger partial charge in [0.05, 0.1) is 0 Å². The van der Waals surface area contributed by atoms with E-state index in [0.29, 0.717) is 6.04 Å². The summed E-state index contributed by atoms with van der Waals surface area (Å²) in [6, 6.07) is 8.31. The average Bonchev–Trinajstić information content (AvgIpc) is 2.96. The molecule has 2 saturated heterocycles. The van der Waals surface area contributed by atoms with E-state index in [0.717, 1.165) is 19.0 Å². The standard InChI is InChI=1S/C15H21FN2/c16-13-5-3-12(4-6-13)7-9-17-14-8-11-18-10-1-2-15(14)18/h3-6,14-15,17H,1-2,7-11H2. The van der Waals surface area contributed by atoms with Gasteiger partial charge in [-0.05, 0) is 56.5 Å². The number of rotatable bonds is 4. The van der Waals surface area contributed by atoms with Crippen molar-refractivity contribution in [3.8, 4) is 0 Å². The third kappa shape index (κ3) is 2.57. The molecule has 0 radical (unpaired) electrons. The quantitative estimate of drug-likeness (QED) is 0.878. The molecule has 2 nitrogen and oxygen atoms in total. The van der Waals surface area contributed by atoms with Crippen LogP contribution in [-0.2, 0) is 6.42 Å². The summed E-state index contributed by atoms with van der Waals surface area (Å²) in [5.74, 6) is -0.149. The molecule has 0 spiro atoms. The molecule has 0 aliphatic carbocycles. The molecule has 18 heavy (non-hydrogen) atoms. The highest BCUT2D eigenvalue weighted by atomic mass is 19.1. The van der Waals surface area contributed by atoms with Crippen LogP contribution in [-0.4, -0.2) is 36.6 Å². The molecule has 2 aliphatic heterocycles. The number of benzene rings is 1. The first kappa shape index (κ1) is 12.1. The van der Waals surface area contributed by atoms with Gasteiger partial charge < -0.3 is 5.32 Å². The predicted octanol–water partition coefficient (Wildman–Crippen LogP) is 2.19. The summed E-state index contributed by atoms with van der Waals surface area (Å²) in [5.41, 5.74) is 1.21. The zero-order chi connectivity index (χ0) is 12.4. The van der Waals surface area contributed by atoms with Gasteiger partial charge in [0.2, 0.25) is 0 Å². The minimum absolute atomic E-state index is 0.149. The van der Waals surface area contributed by atoms with E-state index in [1.807, 2.05) is 12.1 Å². The van der Waals surface area contributed by atoms with Gasteiger partial charge in [-0.15, -0.1) is 0 Å². The van der Waals surface area contributed by atoms with Crippen LogP contribution in [0.3, 0.4) is 0 Å². The molecule has 0 amide bonds. The molecule has 2 aliphatic rings. The molecular formula is C15H21FN2. The molecule has 0 aromatic heterocycles. The van der Waals surface area contributed by atoms with Gasteiger partial charge in [-0.3, -0.25) is 4.90 Å². The van der Waals surface area contributed by atoms with E-state index in [-0.39, 0.29) is 5.82 Å². The van der Waals surface area contributed by atoms with Crippen molar-refractivity contribution in [1.29, 1.82) is 0 Å². The van der Waals surface area contributed by atoms with Crippen LogP contribution in [0.25, 0.3) is 0 Å². The highest BCUT2D eigenvalue weighted by molar-refractivity contribution is 5.16. The zero-order valence-corrected chi connectivity index (χ0v) is 10.7. The van der Waals surface area contributed by atoms with Gasteiger partial charge in [0.25, 0.3) is 0 Å². The molecule has 0 bridgehead atoms. The Hall–Kier alpha value is -0.930. The van der Waals surface area contributed by atoms with Gasteiger partial charge in [0.15, 0.2) is 0 Å². The van der Waals surface area contributed by atoms with Gasteiger partial charge in [-0.2, -0.15) is 0 Å². The van der Waals surface area contributed by atoms with Crippen LogP contribution in [0.1, 0.15) is 24.8 Å². The van der Waals surface area contributed by atoms with Crippen LogP contribution in [0.5, 0.6) is 0 Å². The van der Waals surface area contributed by atoms with Crippen LogP contribution < -0.4 is 5.32 Å². The number of hydrogen-bond donors (Lipinski definition) is 1. The van der Waals surface area contributed by atoms with E-state index in [2.05, 4.69) is 10.2 Å². The van der Waals surface area contributed by atoms with Gasteiger partial charge in [-0.1, -0.05) is 12.1 Å². The van der Waals surface area contributed by atoms with Crippen LogP contribution in [0, 0.1) is 5.82 Å². The Kier molecular flexibility index (Phi) is 3.62. The van der Waals surface area contributed by atoms with Crippen molar-refractivity contribution in [2.45, 2.75) is 37.8 Å². The van der Waals surface area contributed by atoms with Crippen molar-refractivity contribution < 1.29 is 4.39 Å². The zero-order valence-electron chi connectivity index (χ0n) is 10.7. The second kappa shape index (κ2) is 5.37. The lowest BCUT2D eigenvalue weighted by molar-refractivity contribution is 0.299. The predicted molar refractivity (Wildman–Crippen MR) is 71.1 cm³/mol. The van der Waals surface area contributed by atoms with E-state index in [1.54, 1.807) is 12.1 Å². The Labute approximate surface area is 108 Å². The number of halogens is 1. The number of nitrogens with one attached hydrogen (secondary N) is 1. The van der Waals surface area contributed by atoms with Crippen molar-refractivity contribution in [1.82, 2.24) is 10.2 Å². The number of fused-ring (bicyclic) bond motifs is 1. The lowest BCUT2D eigenvalue weighted by Crippen LogP contribution is -2.39. The second-order valence-electron chi connectivity index (χ2n) is 5.47. The molecular weight excluding hydrogens is 227 g/mol. The largest absolute Gasteiger partial charge is 0.312 e. The molecule has 3 heteroatoms. The molecule has 98 valence electrons. The number of nitrogens with zero attached hydrogens (tertiary/aromatic N) is 1. The molecule has 2 heterocycles. The molecule has 2 atom stereocenters. The molecule has 1 aromatic carbocycles. The third-order valence-corrected chi connectivity index (χ3v) is 4.34. The summed E-state index contributed by atoms with van der Waals surface area (Å²) in [7, 11) is 0. The summed E-state index contributed by atoms with van der Waals surface area (Å²) in [4.78, 5) is 2.62. The Morgan fingerprint density at radius 1 is 1.17 bits per heavy atom. The fraction of sp³-hybridized carbons (Fsp3) is 0.600. The first-order chi connectivity index (χ1) is 8.83. The summed E-state index contributed by atoms with van der Waals surface area (Å²) in [6.45, 7) is 3.56. The smallest absolute Gasteiger partial charge is 0.123 e. The molecule has 1 N–H and O–H groups in total. The number of hydrogen-bond acceptors (Lipinski definition) is 2. The van der Waals surface area contributed by atoms with Crippen molar-refractivity contribution in [2.24, 2.45) is 0 Å². The monoisotopic (exact) mass is 248 g/mol. The second-order valence-corrected chi connectivity index (χ2v) is 5.47. The summed E-state index contributed by atoms with van der Waals surface area (Å²) in [5, 5.41) is 3.68. The maximum absolute atomic E-state index is 12.8. The summed E-state index contributed by atoms with van der Waals surface area (Å²) in [6.07, 6.45) is 4.99. The maximum Gasteiger partial charge on any atom is 0.123 e. The average molecular weight is 248 g/mol. The van der Waals surface area contributed by atoms with Crippen molar-refractivity contribution in [2.75, 3.05) is 19.6 Å². The van der Waals surface area contributed by atoms with Crippen molar-refractivity contribution >= 4 is 0 Å². The fourth-order valence-corrected chi connectivity index (χ4v) is 3.37. The summed E-state index contributed by atoms with van der Waals surface area (Å²) >= 11 is 0. The van der Waals surface area contributed by atoms with Gasteiger partial charge >= 0.3 is 0 Å². The van der Waals surface area contributed by atoms with Gasteiger partial charge in [-0.25, -0.2) is 4.39 Å². The first-order valence-electron chi connectivity index (χ1n) is 7.05. The topological polar surface area (TPSA) is 15.3 Å². The molecule has 3 rings (SSSR count). The van der Waals surface area contributed by atoms with Crippen LogP contribution >= 0.6 is 0 Å². The minimum Gasteiger partial charge on any atom is -0.312 e. The molecule has 1 aromatic rings. The normalized spacial score (nSPS) is 27.6. The Morgan fingerprint density at radius 3 is 2.83 bits per heavy atom. The Bertz CT molecular complexity index is 390. The van der Waals surface area contributed by atoms with Gasteiger partial charge in [0.1, 0.15) is 5.82 Å². The van der Waals surface area contributed by atoms with E-state index in [1.165, 1.54) is 37.9 Å². The minimum atomic E-state index is -0.149.